The van der Waals surface area contributed by atoms with Crippen molar-refractivity contribution in [3.8, 4) is 5.75 Å². The maximum Gasteiger partial charge on any atom is 0.408 e. The third-order valence-corrected chi connectivity index (χ3v) is 8.01. The third-order valence-electron chi connectivity index (χ3n) is 8.01. The molecule has 2 aliphatic rings. The van der Waals surface area contributed by atoms with E-state index in [0.29, 0.717) is 35.8 Å². The second-order valence-electron chi connectivity index (χ2n) is 13.0. The summed E-state index contributed by atoms with van der Waals surface area (Å²) in [6.45, 7) is 13.0. The van der Waals surface area contributed by atoms with Gasteiger partial charge in [0.2, 0.25) is 5.91 Å². The molecule has 0 saturated carbocycles. The predicted molar refractivity (Wildman–Crippen MR) is 157 cm³/mol. The number of piperidine rings is 1. The highest BCUT2D eigenvalue weighted by Gasteiger charge is 2.42. The Hall–Kier alpha value is -3.44. The minimum atomic E-state index is -2.94. The molecule has 1 unspecified atom stereocenters. The standard InChI is InChI=1S/C31H45F2N5O5/c1-20(2)26-35-28(43-36-26)37-15-11-22(12-16-37)21(3)13-18-41-24-9-7-23(8-10-24)25(34-29(40)42-30(4,5)6)27(39)38-17-14-31(32,33)19-38/h7-10,20-22,25H,11-19H2,1-6H3,(H,34,40)/t21?,25-/m0/s1. The number of nitrogens with zero attached hydrogens (tertiary/aromatic N) is 4. The number of halogens is 2. The molecule has 0 bridgehead atoms. The molecule has 1 aromatic carbocycles. The molecular weight excluding hydrogens is 560 g/mol. The summed E-state index contributed by atoms with van der Waals surface area (Å²) in [5, 5.41) is 6.64. The van der Waals surface area contributed by atoms with Gasteiger partial charge in [-0.2, -0.15) is 4.98 Å². The number of ether oxygens (including phenoxy) is 2. The van der Waals surface area contributed by atoms with E-state index in [4.69, 9.17) is 14.0 Å². The van der Waals surface area contributed by atoms with Gasteiger partial charge in [-0.3, -0.25) is 4.79 Å². The normalized spacial score (nSPS) is 18.9. The lowest BCUT2D eigenvalue weighted by Gasteiger charge is -2.33. The molecule has 2 aromatic rings. The second-order valence-corrected chi connectivity index (χ2v) is 13.0. The van der Waals surface area contributed by atoms with E-state index in [0.717, 1.165) is 43.1 Å². The topological polar surface area (TPSA) is 110 Å². The second kappa shape index (κ2) is 13.5. The number of hydrogen-bond donors (Lipinski definition) is 1. The molecule has 0 spiro atoms. The molecule has 1 N–H and O–H groups in total. The number of hydrogen-bond acceptors (Lipinski definition) is 8. The first-order valence-electron chi connectivity index (χ1n) is 15.2. The maximum atomic E-state index is 13.8. The summed E-state index contributed by atoms with van der Waals surface area (Å²) < 4.78 is 44.4. The summed E-state index contributed by atoms with van der Waals surface area (Å²) in [5.41, 5.74) is -0.323. The number of amides is 2. The van der Waals surface area contributed by atoms with Gasteiger partial charge < -0.3 is 29.1 Å². The number of likely N-dealkylation sites (tertiary alicyclic amines) is 1. The minimum Gasteiger partial charge on any atom is -0.494 e. The van der Waals surface area contributed by atoms with Crippen molar-refractivity contribution in [2.45, 2.75) is 90.7 Å². The Morgan fingerprint density at radius 3 is 2.35 bits per heavy atom. The van der Waals surface area contributed by atoms with Crippen LogP contribution in [0.25, 0.3) is 0 Å². The van der Waals surface area contributed by atoms with Gasteiger partial charge >= 0.3 is 12.1 Å². The number of alkyl carbamates (subject to hydrolysis) is 1. The van der Waals surface area contributed by atoms with Crippen molar-refractivity contribution in [1.82, 2.24) is 20.4 Å². The zero-order valence-electron chi connectivity index (χ0n) is 26.1. The van der Waals surface area contributed by atoms with E-state index in [-0.39, 0.29) is 12.5 Å². The van der Waals surface area contributed by atoms with Crippen LogP contribution in [0.5, 0.6) is 5.75 Å². The van der Waals surface area contributed by atoms with Crippen LogP contribution in [0.2, 0.25) is 0 Å². The lowest BCUT2D eigenvalue weighted by molar-refractivity contribution is -0.134. The van der Waals surface area contributed by atoms with Gasteiger partial charge in [-0.25, -0.2) is 13.6 Å². The molecule has 2 aliphatic heterocycles. The predicted octanol–water partition coefficient (Wildman–Crippen LogP) is 5.95. The van der Waals surface area contributed by atoms with Crippen molar-refractivity contribution in [2.24, 2.45) is 11.8 Å². The molecular formula is C31H45F2N5O5. The molecule has 2 fully saturated rings. The summed E-state index contributed by atoms with van der Waals surface area (Å²) in [5.74, 6) is -0.922. The van der Waals surface area contributed by atoms with E-state index >= 15 is 0 Å². The van der Waals surface area contributed by atoms with Crippen molar-refractivity contribution >= 4 is 18.0 Å². The van der Waals surface area contributed by atoms with Crippen LogP contribution >= 0.6 is 0 Å². The van der Waals surface area contributed by atoms with Gasteiger partial charge in [0.1, 0.15) is 17.4 Å². The first-order chi connectivity index (χ1) is 20.2. The number of anilines is 1. The molecule has 43 heavy (non-hydrogen) atoms. The van der Waals surface area contributed by atoms with Gasteiger partial charge in [-0.05, 0) is 69.6 Å². The Kier molecular flexibility index (Phi) is 10.2. The molecule has 10 nitrogen and oxygen atoms in total. The molecule has 2 saturated heterocycles. The van der Waals surface area contributed by atoms with Crippen LogP contribution in [0.4, 0.5) is 19.6 Å². The number of alkyl halides is 2. The van der Waals surface area contributed by atoms with Gasteiger partial charge in [0.05, 0.1) is 13.2 Å². The summed E-state index contributed by atoms with van der Waals surface area (Å²) in [6.07, 6.45) is 1.76. The number of nitrogens with one attached hydrogen (secondary N) is 1. The Morgan fingerprint density at radius 1 is 1.12 bits per heavy atom. The Balaban J connectivity index is 1.29. The van der Waals surface area contributed by atoms with Crippen molar-refractivity contribution in [3.05, 3.63) is 35.7 Å². The molecule has 1 aromatic heterocycles. The van der Waals surface area contributed by atoms with E-state index in [1.54, 1.807) is 45.0 Å². The number of carbonyl (C=O) groups excluding carboxylic acids is 2. The Labute approximate surface area is 252 Å². The summed E-state index contributed by atoms with van der Waals surface area (Å²) in [7, 11) is 0. The largest absolute Gasteiger partial charge is 0.494 e. The zero-order valence-corrected chi connectivity index (χ0v) is 26.1. The van der Waals surface area contributed by atoms with E-state index in [1.807, 2.05) is 13.8 Å². The quantitative estimate of drug-likeness (QED) is 0.354. The molecule has 2 atom stereocenters. The molecule has 0 aliphatic carbocycles. The van der Waals surface area contributed by atoms with Gasteiger partial charge in [-0.1, -0.05) is 38.1 Å². The molecule has 4 rings (SSSR count). The van der Waals surface area contributed by atoms with E-state index < -0.39 is 42.5 Å². The monoisotopic (exact) mass is 605 g/mol. The molecule has 0 radical (unpaired) electrons. The van der Waals surface area contributed by atoms with Crippen LogP contribution in [0.15, 0.2) is 28.8 Å². The fraction of sp³-hybridized carbons (Fsp3) is 0.677. The van der Waals surface area contributed by atoms with Crippen LogP contribution in [-0.4, -0.2) is 71.4 Å². The number of benzene rings is 1. The smallest absolute Gasteiger partial charge is 0.408 e. The summed E-state index contributed by atoms with van der Waals surface area (Å²) >= 11 is 0. The average molecular weight is 606 g/mol. The van der Waals surface area contributed by atoms with Crippen LogP contribution in [0.1, 0.15) is 90.6 Å². The highest BCUT2D eigenvalue weighted by Crippen LogP contribution is 2.31. The van der Waals surface area contributed by atoms with Crippen molar-refractivity contribution < 1.29 is 32.4 Å². The van der Waals surface area contributed by atoms with Gasteiger partial charge in [0.15, 0.2) is 5.82 Å². The Morgan fingerprint density at radius 2 is 1.79 bits per heavy atom. The van der Waals surface area contributed by atoms with E-state index in [1.165, 1.54) is 0 Å². The van der Waals surface area contributed by atoms with Crippen LogP contribution < -0.4 is 15.0 Å². The lowest BCUT2D eigenvalue weighted by atomic mass is 9.84. The number of carbonyl (C=O) groups is 2. The van der Waals surface area contributed by atoms with Crippen LogP contribution in [0, 0.1) is 11.8 Å². The van der Waals surface area contributed by atoms with E-state index in [9.17, 15) is 18.4 Å². The average Bonchev–Trinajstić information content (AvgIpc) is 3.58. The number of aromatic nitrogens is 2. The minimum absolute atomic E-state index is 0.0766. The van der Waals surface area contributed by atoms with Gasteiger partial charge in [0, 0.05) is 32.0 Å². The van der Waals surface area contributed by atoms with Gasteiger partial charge in [0.25, 0.3) is 5.92 Å². The third kappa shape index (κ3) is 9.03. The molecule has 12 heteroatoms. The Bertz CT molecular complexity index is 1220. The first kappa shape index (κ1) is 32.5. The van der Waals surface area contributed by atoms with Crippen LogP contribution in [0.3, 0.4) is 0 Å². The van der Waals surface area contributed by atoms with Crippen molar-refractivity contribution in [2.75, 3.05) is 37.7 Å². The highest BCUT2D eigenvalue weighted by atomic mass is 19.3. The maximum absolute atomic E-state index is 13.8. The fourth-order valence-electron chi connectivity index (χ4n) is 5.42. The SMILES string of the molecule is CC(C)c1noc(N2CCC(C(C)CCOc3ccc([C@H](NC(=O)OC(C)(C)C)C(=O)N4CCC(F)(F)C4)cc3)CC2)n1. The van der Waals surface area contributed by atoms with E-state index in [2.05, 4.69) is 27.3 Å². The first-order valence-corrected chi connectivity index (χ1v) is 15.2. The fourth-order valence-corrected chi connectivity index (χ4v) is 5.42. The van der Waals surface area contributed by atoms with Crippen molar-refractivity contribution in [1.29, 1.82) is 0 Å². The lowest BCUT2D eigenvalue weighted by Crippen LogP contribution is -2.44. The highest BCUT2D eigenvalue weighted by molar-refractivity contribution is 5.87. The molecule has 3 heterocycles. The molecule has 2 amide bonds. The number of rotatable bonds is 10. The summed E-state index contributed by atoms with van der Waals surface area (Å²) in [4.78, 5) is 33.5. The zero-order chi connectivity index (χ0) is 31.4. The summed E-state index contributed by atoms with van der Waals surface area (Å²) in [6, 6.07) is 6.24. The molecule has 238 valence electrons. The van der Waals surface area contributed by atoms with Gasteiger partial charge in [-0.15, -0.1) is 0 Å². The van der Waals surface area contributed by atoms with Crippen molar-refractivity contribution in [3.63, 3.8) is 0 Å². The van der Waals surface area contributed by atoms with Crippen LogP contribution in [-0.2, 0) is 9.53 Å².